The summed E-state index contributed by atoms with van der Waals surface area (Å²) in [7, 11) is 0. The van der Waals surface area contributed by atoms with Gasteiger partial charge >= 0.3 is 5.69 Å². The molecule has 2 N–H and O–H groups in total. The van der Waals surface area contributed by atoms with Crippen molar-refractivity contribution in [1.82, 2.24) is 4.90 Å². The lowest BCUT2D eigenvalue weighted by Crippen LogP contribution is -2.30. The summed E-state index contributed by atoms with van der Waals surface area (Å²) in [5, 5.41) is 29.6. The van der Waals surface area contributed by atoms with E-state index in [0.29, 0.717) is 0 Å². The average molecular weight is 287 g/mol. The van der Waals surface area contributed by atoms with Gasteiger partial charge in [-0.05, 0) is 12.1 Å². The first kappa shape index (κ1) is 13.7. The summed E-state index contributed by atoms with van der Waals surface area (Å²) in [6, 6.07) is 4.05. The zero-order valence-electron chi connectivity index (χ0n) is 9.69. The Labute approximate surface area is 113 Å². The summed E-state index contributed by atoms with van der Waals surface area (Å²) in [4.78, 5) is 23.5. The van der Waals surface area contributed by atoms with Crippen LogP contribution in [0.1, 0.15) is 10.4 Å². The highest BCUT2D eigenvalue weighted by molar-refractivity contribution is 6.33. The number of benzene rings is 1. The molecule has 0 spiro atoms. The fraction of sp³-hybridized carbons (Fsp3) is 0.364. The number of nitro benzene ring substituents is 1. The standard InChI is InChI=1S/C11H11ClN2O5/c12-7-3-1-2-6(10(7)14(18)19)11(17)13-4-8(15)9(16)5-13/h1-3,8-9,15-16H,4-5H2. The number of likely N-dealkylation sites (tertiary alicyclic amines) is 1. The van der Waals surface area contributed by atoms with E-state index in [1.807, 2.05) is 0 Å². The highest BCUT2D eigenvalue weighted by Gasteiger charge is 2.35. The number of para-hydroxylation sites is 1. The molecular weight excluding hydrogens is 276 g/mol. The molecule has 1 amide bonds. The third kappa shape index (κ3) is 2.53. The Morgan fingerprint density at radius 1 is 1.37 bits per heavy atom. The fourth-order valence-electron chi connectivity index (χ4n) is 1.98. The van der Waals surface area contributed by atoms with Crippen molar-refractivity contribution in [3.05, 3.63) is 38.9 Å². The molecule has 0 bridgehead atoms. The lowest BCUT2D eigenvalue weighted by molar-refractivity contribution is -0.385. The number of nitro groups is 1. The first-order valence-electron chi connectivity index (χ1n) is 5.50. The lowest BCUT2D eigenvalue weighted by atomic mass is 10.1. The summed E-state index contributed by atoms with van der Waals surface area (Å²) in [6.07, 6.45) is -2.08. The molecule has 2 atom stereocenters. The molecule has 1 fully saturated rings. The van der Waals surface area contributed by atoms with Gasteiger partial charge in [0.15, 0.2) is 0 Å². The van der Waals surface area contributed by atoms with E-state index in [9.17, 15) is 25.1 Å². The minimum Gasteiger partial charge on any atom is -0.388 e. The van der Waals surface area contributed by atoms with Crippen LogP contribution in [-0.2, 0) is 0 Å². The predicted molar refractivity (Wildman–Crippen MR) is 66.0 cm³/mol. The van der Waals surface area contributed by atoms with Gasteiger partial charge in [-0.3, -0.25) is 14.9 Å². The Morgan fingerprint density at radius 3 is 2.47 bits per heavy atom. The van der Waals surface area contributed by atoms with Gasteiger partial charge in [-0.15, -0.1) is 0 Å². The van der Waals surface area contributed by atoms with Crippen molar-refractivity contribution in [1.29, 1.82) is 0 Å². The highest BCUT2D eigenvalue weighted by Crippen LogP contribution is 2.29. The van der Waals surface area contributed by atoms with Crippen LogP contribution in [0.3, 0.4) is 0 Å². The molecule has 1 heterocycles. The van der Waals surface area contributed by atoms with E-state index in [0.717, 1.165) is 4.90 Å². The van der Waals surface area contributed by atoms with Gasteiger partial charge in [0.05, 0.1) is 17.1 Å². The number of carbonyl (C=O) groups is 1. The molecule has 19 heavy (non-hydrogen) atoms. The molecule has 1 saturated heterocycles. The van der Waals surface area contributed by atoms with Crippen LogP contribution >= 0.6 is 11.6 Å². The molecular formula is C11H11ClN2O5. The quantitative estimate of drug-likeness (QED) is 0.606. The molecule has 1 aromatic rings. The maximum Gasteiger partial charge on any atom is 0.300 e. The summed E-state index contributed by atoms with van der Waals surface area (Å²) in [5.74, 6) is -0.634. The van der Waals surface area contributed by atoms with Crippen LogP contribution in [0.15, 0.2) is 18.2 Å². The van der Waals surface area contributed by atoms with Crippen LogP contribution in [0.2, 0.25) is 5.02 Å². The number of hydrogen-bond donors (Lipinski definition) is 2. The Kier molecular flexibility index (Phi) is 3.70. The normalized spacial score (nSPS) is 22.6. The Balaban J connectivity index is 2.35. The number of aliphatic hydroxyl groups is 2. The third-order valence-electron chi connectivity index (χ3n) is 2.95. The smallest absolute Gasteiger partial charge is 0.300 e. The van der Waals surface area contributed by atoms with E-state index >= 15 is 0 Å². The number of carbonyl (C=O) groups excluding carboxylic acids is 1. The molecule has 2 unspecified atom stereocenters. The van der Waals surface area contributed by atoms with Crippen molar-refractivity contribution in [2.45, 2.75) is 12.2 Å². The largest absolute Gasteiger partial charge is 0.388 e. The zero-order valence-corrected chi connectivity index (χ0v) is 10.4. The van der Waals surface area contributed by atoms with Crippen molar-refractivity contribution in [3.63, 3.8) is 0 Å². The van der Waals surface area contributed by atoms with Crippen molar-refractivity contribution in [3.8, 4) is 0 Å². The number of halogens is 1. The van der Waals surface area contributed by atoms with E-state index in [1.54, 1.807) is 0 Å². The van der Waals surface area contributed by atoms with Gasteiger partial charge in [0.2, 0.25) is 0 Å². The average Bonchev–Trinajstić information content (AvgIpc) is 2.68. The molecule has 8 heteroatoms. The Hall–Kier alpha value is -1.70. The van der Waals surface area contributed by atoms with Crippen LogP contribution in [0.5, 0.6) is 0 Å². The molecule has 0 aromatic heterocycles. The maximum absolute atomic E-state index is 12.2. The van der Waals surface area contributed by atoms with E-state index < -0.39 is 28.7 Å². The monoisotopic (exact) mass is 286 g/mol. The first-order valence-corrected chi connectivity index (χ1v) is 5.88. The van der Waals surface area contributed by atoms with Gasteiger partial charge in [-0.2, -0.15) is 0 Å². The van der Waals surface area contributed by atoms with Crippen molar-refractivity contribution in [2.75, 3.05) is 13.1 Å². The van der Waals surface area contributed by atoms with Crippen LogP contribution in [0, 0.1) is 10.1 Å². The summed E-state index contributed by atoms with van der Waals surface area (Å²) in [6.45, 7) is -0.132. The number of β-amino-alcohol motifs (C(OH)–C–C–N with tert-alkyl or cyclic N) is 2. The first-order chi connectivity index (χ1) is 8.91. The summed E-state index contributed by atoms with van der Waals surface area (Å²) in [5.41, 5.74) is -0.621. The van der Waals surface area contributed by atoms with Crippen molar-refractivity contribution >= 4 is 23.2 Å². The molecule has 102 valence electrons. The number of rotatable bonds is 2. The number of nitrogens with zero attached hydrogens (tertiary/aromatic N) is 2. The Bertz CT molecular complexity index is 526. The second kappa shape index (κ2) is 5.12. The Morgan fingerprint density at radius 2 is 1.95 bits per heavy atom. The minimum absolute atomic E-state index is 0.0658. The van der Waals surface area contributed by atoms with E-state index in [-0.39, 0.29) is 23.7 Å². The van der Waals surface area contributed by atoms with Gasteiger partial charge in [-0.25, -0.2) is 0 Å². The lowest BCUT2D eigenvalue weighted by Gasteiger charge is -2.15. The van der Waals surface area contributed by atoms with Gasteiger partial charge in [0.25, 0.3) is 5.91 Å². The number of aliphatic hydroxyl groups excluding tert-OH is 2. The number of amides is 1. The third-order valence-corrected chi connectivity index (χ3v) is 3.25. The van der Waals surface area contributed by atoms with Gasteiger partial charge in [-0.1, -0.05) is 17.7 Å². The molecule has 1 aromatic carbocycles. The molecule has 0 radical (unpaired) electrons. The van der Waals surface area contributed by atoms with Crippen LogP contribution in [0.4, 0.5) is 5.69 Å². The van der Waals surface area contributed by atoms with Crippen LogP contribution in [0.25, 0.3) is 0 Å². The SMILES string of the molecule is O=C(c1cccc(Cl)c1[N+](=O)[O-])N1CC(O)C(O)C1. The summed E-state index contributed by atoms with van der Waals surface area (Å²) >= 11 is 5.72. The van der Waals surface area contributed by atoms with E-state index in [4.69, 9.17) is 11.6 Å². The van der Waals surface area contributed by atoms with Crippen LogP contribution < -0.4 is 0 Å². The summed E-state index contributed by atoms with van der Waals surface area (Å²) < 4.78 is 0. The van der Waals surface area contributed by atoms with Crippen molar-refractivity contribution < 1.29 is 19.9 Å². The van der Waals surface area contributed by atoms with Gasteiger partial charge in [0.1, 0.15) is 10.6 Å². The van der Waals surface area contributed by atoms with E-state index in [1.165, 1.54) is 18.2 Å². The molecule has 0 saturated carbocycles. The predicted octanol–water partition coefficient (Wildman–Crippen LogP) is 0.426. The molecule has 2 rings (SSSR count). The van der Waals surface area contributed by atoms with Gasteiger partial charge in [0, 0.05) is 13.1 Å². The van der Waals surface area contributed by atoms with E-state index in [2.05, 4.69) is 0 Å². The maximum atomic E-state index is 12.2. The van der Waals surface area contributed by atoms with Gasteiger partial charge < -0.3 is 15.1 Å². The molecule has 7 nitrogen and oxygen atoms in total. The highest BCUT2D eigenvalue weighted by atomic mass is 35.5. The molecule has 1 aliphatic rings. The fourth-order valence-corrected chi connectivity index (χ4v) is 2.22. The topological polar surface area (TPSA) is 104 Å². The zero-order chi connectivity index (χ0) is 14.2. The van der Waals surface area contributed by atoms with Crippen LogP contribution in [-0.4, -0.2) is 51.2 Å². The minimum atomic E-state index is -1.04. The van der Waals surface area contributed by atoms with Crippen molar-refractivity contribution in [2.24, 2.45) is 0 Å². The second-order valence-electron chi connectivity index (χ2n) is 4.24. The molecule has 1 aliphatic heterocycles. The number of hydrogen-bond acceptors (Lipinski definition) is 5. The molecule has 0 aliphatic carbocycles. The second-order valence-corrected chi connectivity index (χ2v) is 4.65.